The molecular formula is C14H16N2O2. The number of fused-ring (bicyclic) bond motifs is 1. The molecule has 0 radical (unpaired) electrons. The third kappa shape index (κ3) is 2.45. The molecular weight excluding hydrogens is 228 g/mol. The Bertz CT molecular complexity index is 479. The molecule has 0 bridgehead atoms. The van der Waals surface area contributed by atoms with Gasteiger partial charge in [0.25, 0.3) is 5.91 Å². The maximum Gasteiger partial charge on any atom is 0.267 e. The quantitative estimate of drug-likeness (QED) is 0.765. The number of hydrogen-bond acceptors (Lipinski definition) is 3. The van der Waals surface area contributed by atoms with Crippen LogP contribution in [0, 0.1) is 11.3 Å². The Morgan fingerprint density at radius 3 is 2.94 bits per heavy atom. The van der Waals surface area contributed by atoms with E-state index in [-0.39, 0.29) is 5.91 Å². The lowest BCUT2D eigenvalue weighted by molar-refractivity contribution is -0.125. The molecule has 94 valence electrons. The Morgan fingerprint density at radius 2 is 2.17 bits per heavy atom. The lowest BCUT2D eigenvalue weighted by Crippen LogP contribution is -2.44. The largest absolute Gasteiger partial charge is 0.479 e. The molecule has 0 saturated carbocycles. The van der Waals surface area contributed by atoms with Crippen molar-refractivity contribution < 1.29 is 9.53 Å². The molecule has 18 heavy (non-hydrogen) atoms. The van der Waals surface area contributed by atoms with Crippen LogP contribution in [0.25, 0.3) is 0 Å². The molecule has 0 spiro atoms. The normalized spacial score (nSPS) is 17.9. The lowest BCUT2D eigenvalue weighted by atomic mass is 10.1. The van der Waals surface area contributed by atoms with Crippen LogP contribution in [0.5, 0.6) is 5.75 Å². The first-order chi connectivity index (χ1) is 8.74. The number of amides is 1. The van der Waals surface area contributed by atoms with Crippen LogP contribution in [0.4, 0.5) is 5.69 Å². The molecule has 0 aromatic heterocycles. The number of unbranched alkanes of at least 4 members (excludes halogenated alkanes) is 2. The van der Waals surface area contributed by atoms with E-state index in [9.17, 15) is 4.79 Å². The Balaban J connectivity index is 2.12. The summed E-state index contributed by atoms with van der Waals surface area (Å²) < 4.78 is 5.56. The molecule has 4 heteroatoms. The van der Waals surface area contributed by atoms with Gasteiger partial charge in [-0.2, -0.15) is 5.26 Å². The molecule has 1 aliphatic heterocycles. The summed E-state index contributed by atoms with van der Waals surface area (Å²) >= 11 is 0. The molecule has 4 nitrogen and oxygen atoms in total. The fourth-order valence-corrected chi connectivity index (χ4v) is 2.06. The summed E-state index contributed by atoms with van der Waals surface area (Å²) in [5.74, 6) is 0.746. The second-order valence-electron chi connectivity index (χ2n) is 4.33. The van der Waals surface area contributed by atoms with Gasteiger partial charge in [-0.15, -0.1) is 0 Å². The summed E-state index contributed by atoms with van der Waals surface area (Å²) in [6, 6.07) is 9.68. The first-order valence-electron chi connectivity index (χ1n) is 6.18. The van der Waals surface area contributed by atoms with Crippen LogP contribution in [0.3, 0.4) is 0 Å². The summed E-state index contributed by atoms with van der Waals surface area (Å²) in [6.07, 6.45) is 1.75. The van der Waals surface area contributed by atoms with Crippen LogP contribution in [-0.2, 0) is 4.79 Å². The van der Waals surface area contributed by atoms with Gasteiger partial charge in [0.1, 0.15) is 5.75 Å². The van der Waals surface area contributed by atoms with E-state index in [0.717, 1.165) is 24.3 Å². The molecule has 1 atom stereocenters. The Kier molecular flexibility index (Phi) is 3.83. The topological polar surface area (TPSA) is 53.3 Å². The fourth-order valence-electron chi connectivity index (χ4n) is 2.06. The predicted octanol–water partition coefficient (Wildman–Crippen LogP) is 2.49. The molecule has 1 aromatic carbocycles. The average molecular weight is 244 g/mol. The summed E-state index contributed by atoms with van der Waals surface area (Å²) in [5.41, 5.74) is 0.831. The molecule has 1 heterocycles. The van der Waals surface area contributed by atoms with E-state index >= 15 is 0 Å². The molecule has 0 N–H and O–H groups in total. The van der Waals surface area contributed by atoms with Gasteiger partial charge in [-0.3, -0.25) is 4.79 Å². The van der Waals surface area contributed by atoms with Gasteiger partial charge in [-0.1, -0.05) is 12.1 Å². The second kappa shape index (κ2) is 5.54. The highest BCUT2D eigenvalue weighted by atomic mass is 16.5. The van der Waals surface area contributed by atoms with Gasteiger partial charge in [0.15, 0.2) is 6.10 Å². The maximum atomic E-state index is 12.1. The minimum atomic E-state index is -0.434. The van der Waals surface area contributed by atoms with Gasteiger partial charge in [0, 0.05) is 13.0 Å². The van der Waals surface area contributed by atoms with E-state index in [1.165, 1.54) is 0 Å². The second-order valence-corrected chi connectivity index (χ2v) is 4.33. The van der Waals surface area contributed by atoms with Crippen molar-refractivity contribution in [3.8, 4) is 11.8 Å². The van der Waals surface area contributed by atoms with E-state index in [4.69, 9.17) is 10.00 Å². The van der Waals surface area contributed by atoms with Crippen LogP contribution >= 0.6 is 0 Å². The van der Waals surface area contributed by atoms with Crippen LogP contribution in [-0.4, -0.2) is 18.6 Å². The van der Waals surface area contributed by atoms with Crippen molar-refractivity contribution >= 4 is 11.6 Å². The standard InChI is InChI=1S/C14H16N2O2/c1-11-14(17)16(10-6-2-5-9-15)12-7-3-4-8-13(12)18-11/h3-4,7-8,11H,2,5-6,10H2,1H3. The van der Waals surface area contributed by atoms with E-state index in [1.54, 1.807) is 11.8 Å². The number of para-hydroxylation sites is 2. The van der Waals surface area contributed by atoms with E-state index in [1.807, 2.05) is 24.3 Å². The summed E-state index contributed by atoms with van der Waals surface area (Å²) in [7, 11) is 0. The molecule has 0 saturated heterocycles. The third-order valence-corrected chi connectivity index (χ3v) is 2.99. The van der Waals surface area contributed by atoms with Gasteiger partial charge in [0.2, 0.25) is 0 Å². The number of nitrogens with zero attached hydrogens (tertiary/aromatic N) is 2. The molecule has 1 unspecified atom stereocenters. The number of rotatable bonds is 4. The van der Waals surface area contributed by atoms with Crippen LogP contribution in [0.2, 0.25) is 0 Å². The molecule has 2 rings (SSSR count). The maximum absolute atomic E-state index is 12.1. The van der Waals surface area contributed by atoms with Crippen molar-refractivity contribution in [2.75, 3.05) is 11.4 Å². The van der Waals surface area contributed by atoms with Crippen molar-refractivity contribution in [1.29, 1.82) is 5.26 Å². The highest BCUT2D eigenvalue weighted by Crippen LogP contribution is 2.33. The molecule has 0 fully saturated rings. The lowest BCUT2D eigenvalue weighted by Gasteiger charge is -2.32. The van der Waals surface area contributed by atoms with E-state index in [2.05, 4.69) is 6.07 Å². The first-order valence-corrected chi connectivity index (χ1v) is 6.18. The number of hydrogen-bond donors (Lipinski definition) is 0. The predicted molar refractivity (Wildman–Crippen MR) is 68.3 cm³/mol. The van der Waals surface area contributed by atoms with Crippen LogP contribution < -0.4 is 9.64 Å². The number of ether oxygens (including phenoxy) is 1. The highest BCUT2D eigenvalue weighted by Gasteiger charge is 2.30. The van der Waals surface area contributed by atoms with Gasteiger partial charge in [-0.25, -0.2) is 0 Å². The average Bonchev–Trinajstić information content (AvgIpc) is 2.38. The SMILES string of the molecule is CC1Oc2ccccc2N(CCCCC#N)C1=O. The summed E-state index contributed by atoms with van der Waals surface area (Å²) in [6.45, 7) is 2.41. The minimum absolute atomic E-state index is 0.00865. The molecule has 1 aromatic rings. The third-order valence-electron chi connectivity index (χ3n) is 2.99. The zero-order valence-corrected chi connectivity index (χ0v) is 10.4. The van der Waals surface area contributed by atoms with Gasteiger partial charge in [-0.05, 0) is 31.9 Å². The first kappa shape index (κ1) is 12.4. The number of anilines is 1. The molecule has 0 aliphatic carbocycles. The summed E-state index contributed by atoms with van der Waals surface area (Å²) in [4.78, 5) is 13.9. The Hall–Kier alpha value is -2.02. The zero-order valence-electron chi connectivity index (χ0n) is 10.4. The number of nitriles is 1. The smallest absolute Gasteiger partial charge is 0.267 e. The van der Waals surface area contributed by atoms with Gasteiger partial charge in [0.05, 0.1) is 11.8 Å². The van der Waals surface area contributed by atoms with Crippen molar-refractivity contribution in [3.05, 3.63) is 24.3 Å². The number of benzene rings is 1. The summed E-state index contributed by atoms with van der Waals surface area (Å²) in [5, 5.41) is 8.50. The number of carbonyl (C=O) groups is 1. The van der Waals surface area contributed by atoms with Crippen LogP contribution in [0.15, 0.2) is 24.3 Å². The Morgan fingerprint density at radius 1 is 1.39 bits per heavy atom. The van der Waals surface area contributed by atoms with Gasteiger partial charge < -0.3 is 9.64 Å². The van der Waals surface area contributed by atoms with Crippen molar-refractivity contribution in [2.45, 2.75) is 32.3 Å². The van der Waals surface area contributed by atoms with E-state index in [0.29, 0.717) is 13.0 Å². The molecule has 1 aliphatic rings. The monoisotopic (exact) mass is 244 g/mol. The van der Waals surface area contributed by atoms with Crippen molar-refractivity contribution in [3.63, 3.8) is 0 Å². The Labute approximate surface area is 107 Å². The van der Waals surface area contributed by atoms with E-state index < -0.39 is 6.10 Å². The fraction of sp³-hybridized carbons (Fsp3) is 0.429. The zero-order chi connectivity index (χ0) is 13.0. The molecule has 1 amide bonds. The van der Waals surface area contributed by atoms with Crippen molar-refractivity contribution in [2.24, 2.45) is 0 Å². The van der Waals surface area contributed by atoms with Crippen molar-refractivity contribution in [1.82, 2.24) is 0 Å². The number of carbonyl (C=O) groups excluding carboxylic acids is 1. The highest BCUT2D eigenvalue weighted by molar-refractivity contribution is 5.99. The van der Waals surface area contributed by atoms with Gasteiger partial charge >= 0.3 is 0 Å². The minimum Gasteiger partial charge on any atom is -0.479 e. The van der Waals surface area contributed by atoms with Crippen LogP contribution in [0.1, 0.15) is 26.2 Å².